The molecule has 0 aliphatic rings. The Morgan fingerprint density at radius 3 is 2.32 bits per heavy atom. The number of aromatic nitrogens is 2. The second-order valence-corrected chi connectivity index (χ2v) is 9.92. The van der Waals surface area contributed by atoms with Crippen LogP contribution in [-0.2, 0) is 4.79 Å². The van der Waals surface area contributed by atoms with E-state index in [-0.39, 0.29) is 11.2 Å². The number of nitrogens with zero attached hydrogens (tertiary/aromatic N) is 2. The number of hydrogen-bond donors (Lipinski definition) is 1. The minimum absolute atomic E-state index is 0.0907. The van der Waals surface area contributed by atoms with Crippen molar-refractivity contribution in [3.05, 3.63) is 97.3 Å². The summed E-state index contributed by atoms with van der Waals surface area (Å²) in [5.41, 5.74) is 1.86. The zero-order valence-electron chi connectivity index (χ0n) is 18.3. The number of thioether (sulfide) groups is 1. The Balaban J connectivity index is 1.26. The molecule has 34 heavy (non-hydrogen) atoms. The Labute approximate surface area is 205 Å². The van der Waals surface area contributed by atoms with Crippen LogP contribution < -0.4 is 10.1 Å². The number of carbonyl (C=O) groups excluding carboxylic acids is 1. The first-order valence-corrected chi connectivity index (χ1v) is 12.5. The SMILES string of the molecule is CC(Sc1ncnc2sc(-c3ccccc3)cc12)C(=O)Nc1ccc(Oc2ccccc2)cc1. The van der Waals surface area contributed by atoms with Gasteiger partial charge in [-0.05, 0) is 55.0 Å². The summed E-state index contributed by atoms with van der Waals surface area (Å²) in [6, 6.07) is 29.2. The number of hydrogen-bond acceptors (Lipinski definition) is 6. The van der Waals surface area contributed by atoms with E-state index in [0.29, 0.717) is 11.4 Å². The first-order chi connectivity index (χ1) is 16.7. The zero-order valence-corrected chi connectivity index (χ0v) is 20.0. The zero-order chi connectivity index (χ0) is 23.3. The van der Waals surface area contributed by atoms with E-state index in [1.165, 1.54) is 11.8 Å². The van der Waals surface area contributed by atoms with Crippen molar-refractivity contribution < 1.29 is 9.53 Å². The van der Waals surface area contributed by atoms with Crippen LogP contribution in [-0.4, -0.2) is 21.1 Å². The summed E-state index contributed by atoms with van der Waals surface area (Å²) < 4.78 is 5.81. The van der Waals surface area contributed by atoms with Gasteiger partial charge in [0.2, 0.25) is 5.91 Å². The molecular formula is C27H21N3O2S2. The minimum Gasteiger partial charge on any atom is -0.457 e. The molecule has 0 spiro atoms. The summed E-state index contributed by atoms with van der Waals surface area (Å²) in [5.74, 6) is 1.39. The molecule has 0 aliphatic heterocycles. The standard InChI is InChI=1S/C27H21N3O2S2/c1-18(25(31)30-20-12-14-22(15-13-20)32-21-10-6-3-7-11-21)33-26-23-16-24(19-8-4-2-5-9-19)34-27(23)29-17-28-26/h2-18H,1H3,(H,30,31). The van der Waals surface area contributed by atoms with Crippen molar-refractivity contribution in [2.75, 3.05) is 5.32 Å². The van der Waals surface area contributed by atoms with Gasteiger partial charge in [-0.2, -0.15) is 0 Å². The monoisotopic (exact) mass is 483 g/mol. The highest BCUT2D eigenvalue weighted by Crippen LogP contribution is 2.37. The molecule has 3 aromatic carbocycles. The van der Waals surface area contributed by atoms with Gasteiger partial charge in [0, 0.05) is 16.0 Å². The van der Waals surface area contributed by atoms with E-state index in [4.69, 9.17) is 4.74 Å². The fraction of sp³-hybridized carbons (Fsp3) is 0.0741. The second kappa shape index (κ2) is 10.1. The van der Waals surface area contributed by atoms with Gasteiger partial charge in [-0.3, -0.25) is 4.79 Å². The molecule has 0 fully saturated rings. The Kier molecular flexibility index (Phi) is 6.56. The van der Waals surface area contributed by atoms with Crippen molar-refractivity contribution in [3.8, 4) is 21.9 Å². The maximum atomic E-state index is 12.9. The number of carbonyl (C=O) groups is 1. The van der Waals surface area contributed by atoms with Crippen LogP contribution in [0.2, 0.25) is 0 Å². The third-order valence-corrected chi connectivity index (χ3v) is 7.32. The molecule has 168 valence electrons. The fourth-order valence-corrected chi connectivity index (χ4v) is 5.33. The topological polar surface area (TPSA) is 64.1 Å². The van der Waals surface area contributed by atoms with Gasteiger partial charge in [-0.15, -0.1) is 11.3 Å². The van der Waals surface area contributed by atoms with Crippen LogP contribution >= 0.6 is 23.1 Å². The van der Waals surface area contributed by atoms with Crippen molar-refractivity contribution in [3.63, 3.8) is 0 Å². The summed E-state index contributed by atoms with van der Waals surface area (Å²) in [5, 5.41) is 4.42. The van der Waals surface area contributed by atoms with Crippen LogP contribution in [0, 0.1) is 0 Å². The number of ether oxygens (including phenoxy) is 1. The maximum absolute atomic E-state index is 12.9. The lowest BCUT2D eigenvalue weighted by atomic mass is 10.2. The van der Waals surface area contributed by atoms with Crippen LogP contribution in [0.25, 0.3) is 20.7 Å². The molecule has 2 heterocycles. The molecule has 5 aromatic rings. The molecule has 1 unspecified atom stereocenters. The highest BCUT2D eigenvalue weighted by molar-refractivity contribution is 8.00. The number of thiophene rings is 1. The predicted octanol–water partition coefficient (Wildman–Crippen LogP) is 7.27. The molecule has 1 atom stereocenters. The van der Waals surface area contributed by atoms with E-state index >= 15 is 0 Å². The maximum Gasteiger partial charge on any atom is 0.237 e. The molecule has 5 rings (SSSR count). The van der Waals surface area contributed by atoms with Gasteiger partial charge in [0.25, 0.3) is 0 Å². The van der Waals surface area contributed by atoms with Gasteiger partial charge in [-0.1, -0.05) is 60.3 Å². The Morgan fingerprint density at radius 1 is 0.912 bits per heavy atom. The van der Waals surface area contributed by atoms with E-state index in [1.807, 2.05) is 79.7 Å². The molecule has 1 amide bonds. The number of amides is 1. The van der Waals surface area contributed by atoms with E-state index in [9.17, 15) is 4.79 Å². The average molecular weight is 484 g/mol. The summed E-state index contributed by atoms with van der Waals surface area (Å²) >= 11 is 3.06. The average Bonchev–Trinajstić information content (AvgIpc) is 3.32. The van der Waals surface area contributed by atoms with Gasteiger partial charge in [0.1, 0.15) is 27.7 Å². The van der Waals surface area contributed by atoms with Gasteiger partial charge in [0.05, 0.1) is 5.25 Å². The molecule has 0 saturated carbocycles. The largest absolute Gasteiger partial charge is 0.457 e. The molecule has 0 bridgehead atoms. The molecule has 0 aliphatic carbocycles. The van der Waals surface area contributed by atoms with Crippen molar-refractivity contribution in [2.24, 2.45) is 0 Å². The molecule has 0 saturated heterocycles. The van der Waals surface area contributed by atoms with Crippen molar-refractivity contribution in [1.29, 1.82) is 0 Å². The molecule has 1 N–H and O–H groups in total. The number of benzene rings is 3. The van der Waals surface area contributed by atoms with Crippen LogP contribution in [0.15, 0.2) is 102 Å². The van der Waals surface area contributed by atoms with Gasteiger partial charge < -0.3 is 10.1 Å². The molecule has 0 radical (unpaired) electrons. The first-order valence-electron chi connectivity index (χ1n) is 10.8. The van der Waals surface area contributed by atoms with Crippen molar-refractivity contribution in [1.82, 2.24) is 9.97 Å². The Morgan fingerprint density at radius 2 is 1.59 bits per heavy atom. The summed E-state index contributed by atoms with van der Waals surface area (Å²) in [4.78, 5) is 23.8. The highest BCUT2D eigenvalue weighted by atomic mass is 32.2. The van der Waals surface area contributed by atoms with Crippen molar-refractivity contribution >= 4 is 44.9 Å². The molecule has 5 nitrogen and oxygen atoms in total. The number of para-hydroxylation sites is 1. The third-order valence-electron chi connectivity index (χ3n) is 5.11. The third kappa shape index (κ3) is 5.11. The number of fused-ring (bicyclic) bond motifs is 1. The summed E-state index contributed by atoms with van der Waals surface area (Å²) in [7, 11) is 0. The minimum atomic E-state index is -0.335. The van der Waals surface area contributed by atoms with E-state index in [1.54, 1.807) is 17.7 Å². The van der Waals surface area contributed by atoms with Crippen LogP contribution in [0.1, 0.15) is 6.92 Å². The quantitative estimate of drug-likeness (QED) is 0.195. The Hall–Kier alpha value is -3.68. The van der Waals surface area contributed by atoms with Crippen LogP contribution in [0.5, 0.6) is 11.5 Å². The van der Waals surface area contributed by atoms with Crippen molar-refractivity contribution in [2.45, 2.75) is 17.2 Å². The first kappa shape index (κ1) is 22.1. The van der Waals surface area contributed by atoms with Gasteiger partial charge in [0.15, 0.2) is 0 Å². The van der Waals surface area contributed by atoms with E-state index in [0.717, 1.165) is 31.4 Å². The van der Waals surface area contributed by atoms with E-state index < -0.39 is 0 Å². The van der Waals surface area contributed by atoms with Gasteiger partial charge in [-0.25, -0.2) is 9.97 Å². The van der Waals surface area contributed by atoms with Gasteiger partial charge >= 0.3 is 0 Å². The number of anilines is 1. The van der Waals surface area contributed by atoms with Crippen LogP contribution in [0.4, 0.5) is 5.69 Å². The summed E-state index contributed by atoms with van der Waals surface area (Å²) in [6.07, 6.45) is 1.56. The highest BCUT2D eigenvalue weighted by Gasteiger charge is 2.18. The lowest BCUT2D eigenvalue weighted by molar-refractivity contribution is -0.115. The smallest absolute Gasteiger partial charge is 0.237 e. The fourth-order valence-electron chi connectivity index (χ4n) is 3.37. The normalized spacial score (nSPS) is 11.8. The molecule has 7 heteroatoms. The summed E-state index contributed by atoms with van der Waals surface area (Å²) in [6.45, 7) is 1.88. The predicted molar refractivity (Wildman–Crippen MR) is 140 cm³/mol. The number of nitrogens with one attached hydrogen (secondary N) is 1. The number of rotatable bonds is 7. The molecular weight excluding hydrogens is 462 g/mol. The van der Waals surface area contributed by atoms with E-state index in [2.05, 4.69) is 33.5 Å². The molecule has 2 aromatic heterocycles. The lowest BCUT2D eigenvalue weighted by Crippen LogP contribution is -2.22. The van der Waals surface area contributed by atoms with Crippen LogP contribution in [0.3, 0.4) is 0 Å². The second-order valence-electron chi connectivity index (χ2n) is 7.56. The Bertz CT molecular complexity index is 1400. The lowest BCUT2D eigenvalue weighted by Gasteiger charge is -2.12.